The first-order chi connectivity index (χ1) is 16.2. The number of nitrogens with zero attached hydrogens (tertiary/aromatic N) is 3. The number of aromatic nitrogens is 3. The number of rotatable bonds is 6. The molecule has 1 N–H and O–H groups in total. The van der Waals surface area contributed by atoms with Crippen LogP contribution in [0.2, 0.25) is 0 Å². The Balaban J connectivity index is 1.38. The summed E-state index contributed by atoms with van der Waals surface area (Å²) >= 11 is 1.27. The summed E-state index contributed by atoms with van der Waals surface area (Å²) in [5, 5.41) is 12.0. The van der Waals surface area contributed by atoms with Crippen LogP contribution in [0.4, 0.5) is 5.69 Å². The van der Waals surface area contributed by atoms with Crippen molar-refractivity contribution in [2.45, 2.75) is 18.0 Å². The van der Waals surface area contributed by atoms with Gasteiger partial charge in [0, 0.05) is 28.8 Å². The maximum absolute atomic E-state index is 12.8. The zero-order chi connectivity index (χ0) is 22.6. The molecule has 1 amide bonds. The van der Waals surface area contributed by atoms with Crippen molar-refractivity contribution >= 4 is 29.1 Å². The SMILES string of the molecule is O=C1CCc2cc(C(=O)CSc3nnc(-c4ccccc4)c(-c4ccccc4)n3)ccc2N1. The third-order valence-corrected chi connectivity index (χ3v) is 6.25. The summed E-state index contributed by atoms with van der Waals surface area (Å²) < 4.78 is 0. The molecule has 33 heavy (non-hydrogen) atoms. The first kappa shape index (κ1) is 21.0. The second-order valence-electron chi connectivity index (χ2n) is 7.66. The van der Waals surface area contributed by atoms with Gasteiger partial charge in [-0.25, -0.2) is 4.98 Å². The Bertz CT molecular complexity index is 1330. The zero-order valence-corrected chi connectivity index (χ0v) is 18.5. The average molecular weight is 453 g/mol. The molecule has 0 fully saturated rings. The molecule has 0 saturated heterocycles. The lowest BCUT2D eigenvalue weighted by Crippen LogP contribution is -2.19. The van der Waals surface area contributed by atoms with Crippen LogP contribution in [0.3, 0.4) is 0 Å². The number of benzene rings is 3. The Morgan fingerprint density at radius 2 is 1.55 bits per heavy atom. The van der Waals surface area contributed by atoms with Gasteiger partial charge in [-0.2, -0.15) is 0 Å². The Labute approximate surface area is 195 Å². The van der Waals surface area contributed by atoms with Crippen molar-refractivity contribution in [2.75, 3.05) is 11.1 Å². The highest BCUT2D eigenvalue weighted by Gasteiger charge is 2.18. The van der Waals surface area contributed by atoms with Gasteiger partial charge in [-0.05, 0) is 30.2 Å². The van der Waals surface area contributed by atoms with Crippen LogP contribution in [0.25, 0.3) is 22.5 Å². The van der Waals surface area contributed by atoms with E-state index >= 15 is 0 Å². The molecular weight excluding hydrogens is 432 g/mol. The Hall–Kier alpha value is -3.84. The quantitative estimate of drug-likeness (QED) is 0.325. The summed E-state index contributed by atoms with van der Waals surface area (Å²) in [7, 11) is 0. The lowest BCUT2D eigenvalue weighted by molar-refractivity contribution is -0.116. The number of ketones is 1. The molecular formula is C26H20N4O2S. The van der Waals surface area contributed by atoms with Crippen molar-refractivity contribution in [3.8, 4) is 22.5 Å². The van der Waals surface area contributed by atoms with Gasteiger partial charge in [-0.15, -0.1) is 10.2 Å². The number of hydrogen-bond acceptors (Lipinski definition) is 6. The van der Waals surface area contributed by atoms with E-state index in [1.807, 2.05) is 66.7 Å². The molecule has 6 nitrogen and oxygen atoms in total. The molecule has 4 aromatic rings. The van der Waals surface area contributed by atoms with Gasteiger partial charge >= 0.3 is 0 Å². The summed E-state index contributed by atoms with van der Waals surface area (Å²) in [4.78, 5) is 29.1. The first-order valence-corrected chi connectivity index (χ1v) is 11.6. The highest BCUT2D eigenvalue weighted by Crippen LogP contribution is 2.30. The fraction of sp³-hybridized carbons (Fsp3) is 0.115. The number of Topliss-reactive ketones (excluding diaryl/α,β-unsaturated/α-hetero) is 1. The second kappa shape index (κ2) is 9.34. The molecule has 0 unspecified atom stereocenters. The van der Waals surface area contributed by atoms with E-state index in [-0.39, 0.29) is 17.4 Å². The lowest BCUT2D eigenvalue weighted by Gasteiger charge is -2.17. The fourth-order valence-electron chi connectivity index (χ4n) is 3.73. The Kier molecular flexibility index (Phi) is 5.95. The largest absolute Gasteiger partial charge is 0.326 e. The van der Waals surface area contributed by atoms with Crippen LogP contribution in [0.1, 0.15) is 22.3 Å². The van der Waals surface area contributed by atoms with E-state index in [1.54, 1.807) is 12.1 Å². The smallest absolute Gasteiger partial charge is 0.224 e. The van der Waals surface area contributed by atoms with Crippen molar-refractivity contribution < 1.29 is 9.59 Å². The molecule has 5 rings (SSSR count). The summed E-state index contributed by atoms with van der Waals surface area (Å²) in [5.74, 6) is 0.192. The topological polar surface area (TPSA) is 84.8 Å². The second-order valence-corrected chi connectivity index (χ2v) is 8.60. The molecule has 3 aromatic carbocycles. The normalized spacial score (nSPS) is 12.7. The summed E-state index contributed by atoms with van der Waals surface area (Å²) in [6.07, 6.45) is 1.08. The van der Waals surface area contributed by atoms with Crippen molar-refractivity contribution in [3.05, 3.63) is 90.0 Å². The maximum atomic E-state index is 12.8. The number of carbonyl (C=O) groups is 2. The molecule has 162 valence electrons. The molecule has 0 saturated carbocycles. The Morgan fingerprint density at radius 1 is 0.848 bits per heavy atom. The van der Waals surface area contributed by atoms with Gasteiger partial charge in [0.1, 0.15) is 11.4 Å². The number of amides is 1. The molecule has 7 heteroatoms. The summed E-state index contributed by atoms with van der Waals surface area (Å²) in [5.41, 5.74) is 5.70. The third-order valence-electron chi connectivity index (χ3n) is 5.42. The average Bonchev–Trinajstić information content (AvgIpc) is 2.88. The van der Waals surface area contributed by atoms with Crippen molar-refractivity contribution in [3.63, 3.8) is 0 Å². The molecule has 1 aliphatic heterocycles. The first-order valence-electron chi connectivity index (χ1n) is 10.6. The van der Waals surface area contributed by atoms with E-state index in [1.165, 1.54) is 11.8 Å². The van der Waals surface area contributed by atoms with Gasteiger partial charge in [0.05, 0.1) is 5.75 Å². The molecule has 0 atom stereocenters. The van der Waals surface area contributed by atoms with Gasteiger partial charge in [0.25, 0.3) is 0 Å². The van der Waals surface area contributed by atoms with Crippen LogP contribution in [0, 0.1) is 0 Å². The van der Waals surface area contributed by atoms with Crippen LogP contribution < -0.4 is 5.32 Å². The highest BCUT2D eigenvalue weighted by molar-refractivity contribution is 7.99. The minimum atomic E-state index is -0.0169. The minimum Gasteiger partial charge on any atom is -0.326 e. The van der Waals surface area contributed by atoms with Crippen molar-refractivity contribution in [2.24, 2.45) is 0 Å². The number of anilines is 1. The summed E-state index contributed by atoms with van der Waals surface area (Å²) in [6, 6.07) is 25.1. The van der Waals surface area contributed by atoms with E-state index in [0.29, 0.717) is 29.3 Å². The standard InChI is InChI=1S/C26H20N4O2S/c31-22(20-11-13-21-19(15-20)12-14-23(32)27-21)16-33-26-28-24(17-7-3-1-4-8-17)25(29-30-26)18-9-5-2-6-10-18/h1-11,13,15H,12,14,16H2,(H,27,32). The van der Waals surface area contributed by atoms with Crippen molar-refractivity contribution in [1.29, 1.82) is 0 Å². The van der Waals surface area contributed by atoms with Crippen molar-refractivity contribution in [1.82, 2.24) is 15.2 Å². The molecule has 0 radical (unpaired) electrons. The summed E-state index contributed by atoms with van der Waals surface area (Å²) in [6.45, 7) is 0. The number of fused-ring (bicyclic) bond motifs is 1. The predicted molar refractivity (Wildman–Crippen MR) is 129 cm³/mol. The molecule has 0 bridgehead atoms. The number of aryl methyl sites for hydroxylation is 1. The number of nitrogens with one attached hydrogen (secondary N) is 1. The van der Waals surface area contributed by atoms with E-state index in [0.717, 1.165) is 28.1 Å². The molecule has 0 aliphatic carbocycles. The van der Waals surface area contributed by atoms with Crippen LogP contribution in [-0.2, 0) is 11.2 Å². The van der Waals surface area contributed by atoms with Gasteiger partial charge < -0.3 is 5.32 Å². The maximum Gasteiger partial charge on any atom is 0.224 e. The third kappa shape index (κ3) is 4.68. The molecule has 2 heterocycles. The molecule has 1 aromatic heterocycles. The van der Waals surface area contributed by atoms with Gasteiger partial charge in [0.2, 0.25) is 11.1 Å². The molecule has 0 spiro atoms. The minimum absolute atomic E-state index is 0.00921. The highest BCUT2D eigenvalue weighted by atomic mass is 32.2. The lowest BCUT2D eigenvalue weighted by atomic mass is 9.99. The number of thioether (sulfide) groups is 1. The van der Waals surface area contributed by atoms with E-state index < -0.39 is 0 Å². The number of hydrogen-bond donors (Lipinski definition) is 1. The van der Waals surface area contributed by atoms with Crippen LogP contribution in [0.15, 0.2) is 84.0 Å². The van der Waals surface area contributed by atoms with Gasteiger partial charge in [0.15, 0.2) is 5.78 Å². The predicted octanol–water partition coefficient (Wildman–Crippen LogP) is 5.07. The fourth-order valence-corrected chi connectivity index (χ4v) is 4.41. The van der Waals surface area contributed by atoms with E-state index in [9.17, 15) is 9.59 Å². The van der Waals surface area contributed by atoms with Crippen LogP contribution in [0.5, 0.6) is 0 Å². The van der Waals surface area contributed by atoms with Crippen LogP contribution >= 0.6 is 11.8 Å². The van der Waals surface area contributed by atoms with Gasteiger partial charge in [-0.3, -0.25) is 9.59 Å². The monoisotopic (exact) mass is 452 g/mol. The van der Waals surface area contributed by atoms with E-state index in [2.05, 4.69) is 15.5 Å². The van der Waals surface area contributed by atoms with Gasteiger partial charge in [-0.1, -0.05) is 72.4 Å². The van der Waals surface area contributed by atoms with Crippen LogP contribution in [-0.4, -0.2) is 32.6 Å². The Morgan fingerprint density at radius 3 is 2.27 bits per heavy atom. The number of carbonyl (C=O) groups excluding carboxylic acids is 2. The molecule has 1 aliphatic rings. The zero-order valence-electron chi connectivity index (χ0n) is 17.7. The van der Waals surface area contributed by atoms with E-state index in [4.69, 9.17) is 4.98 Å².